The molecule has 0 saturated carbocycles. The lowest BCUT2D eigenvalue weighted by Gasteiger charge is -2.05. The van der Waals surface area contributed by atoms with Gasteiger partial charge in [0.1, 0.15) is 11.1 Å². The standard InChI is InChI=1S/C14H9NO6/c1-20-6-2-3-8-7(4-6)12-11(13(17)15-8)9(16)5-10(21-12)14(18)19/h2-5H,1H3,(H,15,17)(H,18,19). The van der Waals surface area contributed by atoms with Crippen LogP contribution in [0.4, 0.5) is 0 Å². The van der Waals surface area contributed by atoms with E-state index in [0.717, 1.165) is 6.07 Å². The highest BCUT2D eigenvalue weighted by molar-refractivity contribution is 6.02. The summed E-state index contributed by atoms with van der Waals surface area (Å²) in [4.78, 5) is 37.5. The van der Waals surface area contributed by atoms with Gasteiger partial charge in [0.2, 0.25) is 5.76 Å². The van der Waals surface area contributed by atoms with E-state index >= 15 is 0 Å². The van der Waals surface area contributed by atoms with Gasteiger partial charge in [-0.1, -0.05) is 0 Å². The molecule has 2 N–H and O–H groups in total. The number of hydrogen-bond donors (Lipinski definition) is 2. The lowest BCUT2D eigenvalue weighted by molar-refractivity contribution is 0.0663. The highest BCUT2D eigenvalue weighted by atomic mass is 16.5. The molecule has 0 spiro atoms. The van der Waals surface area contributed by atoms with Crippen molar-refractivity contribution in [2.45, 2.75) is 0 Å². The van der Waals surface area contributed by atoms with Crippen LogP contribution in [0.2, 0.25) is 0 Å². The number of benzene rings is 1. The lowest BCUT2D eigenvalue weighted by Crippen LogP contribution is -2.17. The van der Waals surface area contributed by atoms with E-state index in [2.05, 4.69) is 4.98 Å². The zero-order valence-electron chi connectivity index (χ0n) is 10.8. The van der Waals surface area contributed by atoms with Crippen molar-refractivity contribution >= 4 is 27.8 Å². The Morgan fingerprint density at radius 2 is 2.05 bits per heavy atom. The molecule has 2 heterocycles. The van der Waals surface area contributed by atoms with Crippen LogP contribution in [0.5, 0.6) is 5.75 Å². The minimum absolute atomic E-state index is 0.0717. The second-order valence-electron chi connectivity index (χ2n) is 4.35. The van der Waals surface area contributed by atoms with Crippen molar-refractivity contribution in [3.8, 4) is 5.75 Å². The molecule has 0 atom stereocenters. The number of carbonyl (C=O) groups is 1. The fourth-order valence-corrected chi connectivity index (χ4v) is 2.14. The summed E-state index contributed by atoms with van der Waals surface area (Å²) in [7, 11) is 1.47. The zero-order chi connectivity index (χ0) is 15.1. The molecule has 0 saturated heterocycles. The number of aromatic nitrogens is 1. The molecule has 3 aromatic rings. The molecule has 0 fully saturated rings. The van der Waals surface area contributed by atoms with E-state index in [1.165, 1.54) is 7.11 Å². The molecular formula is C14H9NO6. The molecule has 0 bridgehead atoms. The van der Waals surface area contributed by atoms with Crippen LogP contribution in [0, 0.1) is 0 Å². The number of carboxylic acid groups (broad SMARTS) is 1. The van der Waals surface area contributed by atoms with Gasteiger partial charge < -0.3 is 19.2 Å². The molecule has 1 aromatic carbocycles. The van der Waals surface area contributed by atoms with Gasteiger partial charge in [-0.15, -0.1) is 0 Å². The lowest BCUT2D eigenvalue weighted by atomic mass is 10.1. The predicted octanol–water partition coefficient (Wildman–Crippen LogP) is 1.34. The summed E-state index contributed by atoms with van der Waals surface area (Å²) >= 11 is 0. The van der Waals surface area contributed by atoms with Crippen LogP contribution < -0.4 is 15.7 Å². The molecule has 3 rings (SSSR count). The van der Waals surface area contributed by atoms with Crippen molar-refractivity contribution in [3.63, 3.8) is 0 Å². The van der Waals surface area contributed by atoms with Crippen molar-refractivity contribution in [1.29, 1.82) is 0 Å². The first-order valence-electron chi connectivity index (χ1n) is 5.92. The third-order valence-corrected chi connectivity index (χ3v) is 3.11. The van der Waals surface area contributed by atoms with Crippen LogP contribution in [0.15, 0.2) is 38.3 Å². The van der Waals surface area contributed by atoms with Gasteiger partial charge in [-0.25, -0.2) is 4.79 Å². The third kappa shape index (κ3) is 1.95. The average molecular weight is 287 g/mol. The fourth-order valence-electron chi connectivity index (χ4n) is 2.14. The van der Waals surface area contributed by atoms with E-state index in [4.69, 9.17) is 14.3 Å². The number of carboxylic acids is 1. The number of nitrogens with one attached hydrogen (secondary N) is 1. The second kappa shape index (κ2) is 4.48. The van der Waals surface area contributed by atoms with Gasteiger partial charge in [0.05, 0.1) is 12.6 Å². The topological polar surface area (TPSA) is 110 Å². The van der Waals surface area contributed by atoms with Gasteiger partial charge in [-0.2, -0.15) is 0 Å². The zero-order valence-corrected chi connectivity index (χ0v) is 10.8. The molecular weight excluding hydrogens is 278 g/mol. The van der Waals surface area contributed by atoms with Gasteiger partial charge in [0, 0.05) is 11.5 Å². The third-order valence-electron chi connectivity index (χ3n) is 3.11. The SMILES string of the molecule is COc1ccc2[nH]c(=O)c3c(=O)cc(C(=O)O)oc3c2c1. The number of ether oxygens (including phenoxy) is 1. The maximum absolute atomic E-state index is 12.0. The first-order chi connectivity index (χ1) is 10.0. The number of hydrogen-bond acceptors (Lipinski definition) is 5. The van der Waals surface area contributed by atoms with Gasteiger partial charge in [-0.3, -0.25) is 9.59 Å². The average Bonchev–Trinajstić information content (AvgIpc) is 2.46. The molecule has 21 heavy (non-hydrogen) atoms. The Morgan fingerprint density at radius 1 is 1.29 bits per heavy atom. The van der Waals surface area contributed by atoms with Crippen LogP contribution in [0.25, 0.3) is 21.9 Å². The van der Waals surface area contributed by atoms with E-state index in [-0.39, 0.29) is 11.0 Å². The minimum atomic E-state index is -1.38. The summed E-state index contributed by atoms with van der Waals surface area (Å²) in [6, 6.07) is 5.56. The Balaban J connectivity index is 2.59. The van der Waals surface area contributed by atoms with Crippen molar-refractivity contribution in [3.05, 3.63) is 50.6 Å². The predicted molar refractivity (Wildman–Crippen MR) is 74.1 cm³/mol. The van der Waals surface area contributed by atoms with Crippen molar-refractivity contribution in [1.82, 2.24) is 4.98 Å². The van der Waals surface area contributed by atoms with Crippen molar-refractivity contribution < 1.29 is 19.1 Å². The van der Waals surface area contributed by atoms with Crippen molar-refractivity contribution in [2.75, 3.05) is 7.11 Å². The number of methoxy groups -OCH3 is 1. The molecule has 7 heteroatoms. The normalized spacial score (nSPS) is 10.9. The van der Waals surface area contributed by atoms with Gasteiger partial charge in [0.15, 0.2) is 11.0 Å². The van der Waals surface area contributed by atoms with Gasteiger partial charge in [0.25, 0.3) is 5.56 Å². The van der Waals surface area contributed by atoms with E-state index in [1.54, 1.807) is 18.2 Å². The molecule has 7 nitrogen and oxygen atoms in total. The highest BCUT2D eigenvalue weighted by Crippen LogP contribution is 2.24. The van der Waals surface area contributed by atoms with E-state index in [0.29, 0.717) is 16.7 Å². The van der Waals surface area contributed by atoms with Gasteiger partial charge >= 0.3 is 5.97 Å². The second-order valence-corrected chi connectivity index (χ2v) is 4.35. The Kier molecular flexibility index (Phi) is 2.76. The Hall–Kier alpha value is -3.09. The monoisotopic (exact) mass is 287 g/mol. The number of aromatic carboxylic acids is 1. The number of aromatic amines is 1. The number of rotatable bonds is 2. The number of pyridine rings is 1. The number of fused-ring (bicyclic) bond motifs is 3. The molecule has 0 aliphatic rings. The quantitative estimate of drug-likeness (QED) is 0.688. The summed E-state index contributed by atoms with van der Waals surface area (Å²) < 4.78 is 10.3. The minimum Gasteiger partial charge on any atom is -0.497 e. The van der Waals surface area contributed by atoms with Crippen LogP contribution in [-0.2, 0) is 0 Å². The fraction of sp³-hybridized carbons (Fsp3) is 0.0714. The van der Waals surface area contributed by atoms with Crippen LogP contribution in [0.1, 0.15) is 10.6 Å². The summed E-state index contributed by atoms with van der Waals surface area (Å²) in [5, 5.41) is 9.14. The molecule has 0 aliphatic carbocycles. The molecule has 106 valence electrons. The molecule has 0 radical (unpaired) electrons. The van der Waals surface area contributed by atoms with Crippen LogP contribution in [-0.4, -0.2) is 23.2 Å². The van der Waals surface area contributed by atoms with Crippen molar-refractivity contribution in [2.24, 2.45) is 0 Å². The largest absolute Gasteiger partial charge is 0.497 e. The first-order valence-corrected chi connectivity index (χ1v) is 5.92. The van der Waals surface area contributed by atoms with E-state index < -0.39 is 22.7 Å². The van der Waals surface area contributed by atoms with Crippen LogP contribution >= 0.6 is 0 Å². The molecule has 0 aliphatic heterocycles. The van der Waals surface area contributed by atoms with Crippen LogP contribution in [0.3, 0.4) is 0 Å². The Bertz CT molecular complexity index is 998. The smallest absolute Gasteiger partial charge is 0.371 e. The Morgan fingerprint density at radius 3 is 2.71 bits per heavy atom. The summed E-state index contributed by atoms with van der Waals surface area (Å²) in [5.74, 6) is -1.42. The summed E-state index contributed by atoms with van der Waals surface area (Å²) in [5.41, 5.74) is -0.996. The number of H-pyrrole nitrogens is 1. The molecule has 0 amide bonds. The summed E-state index contributed by atoms with van der Waals surface area (Å²) in [6.07, 6.45) is 0. The maximum Gasteiger partial charge on any atom is 0.371 e. The molecule has 2 aromatic heterocycles. The summed E-state index contributed by atoms with van der Waals surface area (Å²) in [6.45, 7) is 0. The maximum atomic E-state index is 12.0. The highest BCUT2D eigenvalue weighted by Gasteiger charge is 2.16. The van der Waals surface area contributed by atoms with Gasteiger partial charge in [-0.05, 0) is 18.2 Å². The van der Waals surface area contributed by atoms with E-state index in [1.807, 2.05) is 0 Å². The molecule has 0 unspecified atom stereocenters. The first kappa shape index (κ1) is 12.9. The Labute approximate surface area is 116 Å². The van der Waals surface area contributed by atoms with E-state index in [9.17, 15) is 14.4 Å².